The van der Waals surface area contributed by atoms with Gasteiger partial charge in [-0.25, -0.2) is 0 Å². The molecule has 0 saturated carbocycles. The van der Waals surface area contributed by atoms with Crippen LogP contribution in [0.25, 0.3) is 0 Å². The van der Waals surface area contributed by atoms with Crippen LogP contribution in [0, 0.1) is 6.92 Å². The van der Waals surface area contributed by atoms with Gasteiger partial charge in [0.05, 0.1) is 11.3 Å². The number of hydrogen-bond acceptors (Lipinski definition) is 3. The molecule has 0 bridgehead atoms. The minimum absolute atomic E-state index is 0.0204. The number of nitrogens with one attached hydrogen (secondary N) is 1. The maximum atomic E-state index is 12.7. The predicted octanol–water partition coefficient (Wildman–Crippen LogP) is 4.44. The molecule has 0 unspecified atom stereocenters. The van der Waals surface area contributed by atoms with Crippen LogP contribution in [0.15, 0.2) is 60.0 Å². The highest BCUT2D eigenvalue weighted by atomic mass is 32.1. The zero-order valence-corrected chi connectivity index (χ0v) is 15.9. The summed E-state index contributed by atoms with van der Waals surface area (Å²) in [6.07, 6.45) is 1.17. The number of nitrogens with zero attached hydrogens (tertiary/aromatic N) is 1. The SMILES string of the molecule is Cc1cccc(CC(=O)Nc2ccc3c(c2)N(C(=O)c2cccs2)CC3)c1. The van der Waals surface area contributed by atoms with Gasteiger partial charge >= 0.3 is 0 Å². The summed E-state index contributed by atoms with van der Waals surface area (Å²) in [5, 5.41) is 4.87. The monoisotopic (exact) mass is 376 g/mol. The van der Waals surface area contributed by atoms with Gasteiger partial charge in [-0.15, -0.1) is 11.3 Å². The van der Waals surface area contributed by atoms with Crippen LogP contribution in [0.5, 0.6) is 0 Å². The van der Waals surface area contributed by atoms with Gasteiger partial charge in [-0.3, -0.25) is 9.59 Å². The Balaban J connectivity index is 1.50. The molecule has 1 N–H and O–H groups in total. The van der Waals surface area contributed by atoms with E-state index in [0.717, 1.165) is 39.4 Å². The lowest BCUT2D eigenvalue weighted by molar-refractivity contribution is -0.115. The molecule has 27 heavy (non-hydrogen) atoms. The topological polar surface area (TPSA) is 49.4 Å². The van der Waals surface area contributed by atoms with Crippen LogP contribution in [-0.2, 0) is 17.6 Å². The number of fused-ring (bicyclic) bond motifs is 1. The maximum Gasteiger partial charge on any atom is 0.268 e. The van der Waals surface area contributed by atoms with Crippen molar-refractivity contribution in [2.45, 2.75) is 19.8 Å². The average Bonchev–Trinajstić information content (AvgIpc) is 3.31. The first-order valence-corrected chi connectivity index (χ1v) is 9.82. The lowest BCUT2D eigenvalue weighted by Gasteiger charge is -2.17. The Morgan fingerprint density at radius 3 is 2.78 bits per heavy atom. The number of thiophene rings is 1. The van der Waals surface area contributed by atoms with Gasteiger partial charge in [0, 0.05) is 17.9 Å². The minimum atomic E-state index is -0.0605. The Labute approximate surface area is 162 Å². The number of aryl methyl sites for hydroxylation is 1. The molecule has 1 aliphatic rings. The first kappa shape index (κ1) is 17.5. The second kappa shape index (κ2) is 7.37. The van der Waals surface area contributed by atoms with Crippen LogP contribution in [0.2, 0.25) is 0 Å². The molecule has 0 spiro atoms. The van der Waals surface area contributed by atoms with E-state index in [1.807, 2.05) is 66.9 Å². The molecular weight excluding hydrogens is 356 g/mol. The first-order chi connectivity index (χ1) is 13.1. The third-order valence-electron chi connectivity index (χ3n) is 4.69. The summed E-state index contributed by atoms with van der Waals surface area (Å²) >= 11 is 1.45. The highest BCUT2D eigenvalue weighted by Crippen LogP contribution is 2.32. The molecular formula is C22H20N2O2S. The van der Waals surface area contributed by atoms with Crippen molar-refractivity contribution in [1.29, 1.82) is 0 Å². The summed E-state index contributed by atoms with van der Waals surface area (Å²) in [6, 6.07) is 17.5. The van der Waals surface area contributed by atoms with Crippen LogP contribution in [0.4, 0.5) is 11.4 Å². The highest BCUT2D eigenvalue weighted by Gasteiger charge is 2.26. The molecule has 4 rings (SSSR count). The fourth-order valence-electron chi connectivity index (χ4n) is 3.41. The molecule has 1 aromatic heterocycles. The van der Waals surface area contributed by atoms with E-state index in [2.05, 4.69) is 5.32 Å². The molecule has 0 fully saturated rings. The fourth-order valence-corrected chi connectivity index (χ4v) is 4.09. The standard InChI is InChI=1S/C22H20N2O2S/c1-15-4-2-5-16(12-15)13-21(25)23-18-8-7-17-9-10-24(19(17)14-18)22(26)20-6-3-11-27-20/h2-8,11-12,14H,9-10,13H2,1H3,(H,23,25). The Bertz CT molecular complexity index is 995. The number of benzene rings is 2. The van der Waals surface area contributed by atoms with Crippen molar-refractivity contribution in [2.75, 3.05) is 16.8 Å². The lowest BCUT2D eigenvalue weighted by atomic mass is 10.1. The summed E-state index contributed by atoms with van der Waals surface area (Å²) in [7, 11) is 0. The second-order valence-electron chi connectivity index (χ2n) is 6.74. The van der Waals surface area contributed by atoms with Crippen molar-refractivity contribution in [3.8, 4) is 0 Å². The third kappa shape index (κ3) is 3.78. The molecule has 2 aromatic carbocycles. The molecule has 2 heterocycles. The van der Waals surface area contributed by atoms with E-state index in [4.69, 9.17) is 0 Å². The average molecular weight is 376 g/mol. The van der Waals surface area contributed by atoms with E-state index in [-0.39, 0.29) is 11.8 Å². The Morgan fingerprint density at radius 2 is 2.00 bits per heavy atom. The number of anilines is 2. The minimum Gasteiger partial charge on any atom is -0.326 e. The summed E-state index contributed by atoms with van der Waals surface area (Å²) in [5.74, 6) is -0.0401. The van der Waals surface area contributed by atoms with Gasteiger partial charge in [-0.05, 0) is 48.1 Å². The molecule has 5 heteroatoms. The molecule has 1 aliphatic heterocycles. The number of amides is 2. The van der Waals surface area contributed by atoms with Crippen molar-refractivity contribution < 1.29 is 9.59 Å². The van der Waals surface area contributed by atoms with E-state index < -0.39 is 0 Å². The van der Waals surface area contributed by atoms with E-state index in [9.17, 15) is 9.59 Å². The highest BCUT2D eigenvalue weighted by molar-refractivity contribution is 7.12. The summed E-state index contributed by atoms with van der Waals surface area (Å²) in [6.45, 7) is 2.69. The summed E-state index contributed by atoms with van der Waals surface area (Å²) in [5.41, 5.74) is 4.87. The lowest BCUT2D eigenvalue weighted by Crippen LogP contribution is -2.28. The molecule has 2 amide bonds. The normalized spacial score (nSPS) is 12.7. The fraction of sp³-hybridized carbons (Fsp3) is 0.182. The van der Waals surface area contributed by atoms with Crippen LogP contribution in [-0.4, -0.2) is 18.4 Å². The smallest absolute Gasteiger partial charge is 0.268 e. The van der Waals surface area contributed by atoms with Crippen molar-refractivity contribution >= 4 is 34.5 Å². The van der Waals surface area contributed by atoms with Crippen molar-refractivity contribution in [1.82, 2.24) is 0 Å². The molecule has 0 atom stereocenters. The maximum absolute atomic E-state index is 12.7. The molecule has 0 radical (unpaired) electrons. The van der Waals surface area contributed by atoms with E-state index in [1.54, 1.807) is 4.90 Å². The van der Waals surface area contributed by atoms with Gasteiger partial charge < -0.3 is 10.2 Å². The van der Waals surface area contributed by atoms with Gasteiger partial charge in [-0.2, -0.15) is 0 Å². The third-order valence-corrected chi connectivity index (χ3v) is 5.55. The van der Waals surface area contributed by atoms with Crippen molar-refractivity contribution in [3.63, 3.8) is 0 Å². The van der Waals surface area contributed by atoms with Crippen LogP contribution in [0.3, 0.4) is 0 Å². The Kier molecular flexibility index (Phi) is 4.77. The molecule has 0 aliphatic carbocycles. The zero-order valence-electron chi connectivity index (χ0n) is 15.1. The Hall–Kier alpha value is -2.92. The van der Waals surface area contributed by atoms with Gasteiger partial charge in [0.1, 0.15) is 0 Å². The number of rotatable bonds is 4. The quantitative estimate of drug-likeness (QED) is 0.732. The van der Waals surface area contributed by atoms with Gasteiger partial charge in [-0.1, -0.05) is 42.0 Å². The summed E-state index contributed by atoms with van der Waals surface area (Å²) < 4.78 is 0. The molecule has 3 aromatic rings. The number of carbonyl (C=O) groups is 2. The molecule has 136 valence electrons. The van der Waals surface area contributed by atoms with E-state index >= 15 is 0 Å². The number of hydrogen-bond donors (Lipinski definition) is 1. The van der Waals surface area contributed by atoms with Crippen molar-refractivity contribution in [3.05, 3.63) is 81.5 Å². The van der Waals surface area contributed by atoms with Crippen LogP contribution in [0.1, 0.15) is 26.4 Å². The van der Waals surface area contributed by atoms with E-state index in [1.165, 1.54) is 11.3 Å². The van der Waals surface area contributed by atoms with E-state index in [0.29, 0.717) is 13.0 Å². The van der Waals surface area contributed by atoms with Gasteiger partial charge in [0.25, 0.3) is 5.91 Å². The predicted molar refractivity (Wildman–Crippen MR) is 110 cm³/mol. The van der Waals surface area contributed by atoms with Crippen LogP contribution >= 0.6 is 11.3 Å². The largest absolute Gasteiger partial charge is 0.326 e. The van der Waals surface area contributed by atoms with Gasteiger partial charge in [0.15, 0.2) is 0 Å². The number of carbonyl (C=O) groups excluding carboxylic acids is 2. The molecule has 0 saturated heterocycles. The Morgan fingerprint density at radius 1 is 1.11 bits per heavy atom. The summed E-state index contributed by atoms with van der Waals surface area (Å²) in [4.78, 5) is 27.7. The second-order valence-corrected chi connectivity index (χ2v) is 7.69. The van der Waals surface area contributed by atoms with Crippen molar-refractivity contribution in [2.24, 2.45) is 0 Å². The van der Waals surface area contributed by atoms with Crippen LogP contribution < -0.4 is 10.2 Å². The first-order valence-electron chi connectivity index (χ1n) is 8.94. The zero-order chi connectivity index (χ0) is 18.8. The van der Waals surface area contributed by atoms with Gasteiger partial charge in [0.2, 0.25) is 5.91 Å². The molecule has 4 nitrogen and oxygen atoms in total.